The van der Waals surface area contributed by atoms with Crippen molar-refractivity contribution in [3.63, 3.8) is 0 Å². The summed E-state index contributed by atoms with van der Waals surface area (Å²) in [7, 11) is 0. The van der Waals surface area contributed by atoms with Gasteiger partial charge in [-0.2, -0.15) is 0 Å². The van der Waals surface area contributed by atoms with Gasteiger partial charge in [-0.15, -0.1) is 0 Å². The molecule has 170 valence electrons. The Labute approximate surface area is 201 Å². The average molecular weight is 481 g/mol. The number of nitrogens with zero attached hydrogens (tertiary/aromatic N) is 3. The van der Waals surface area contributed by atoms with Crippen LogP contribution in [0.5, 0.6) is 0 Å². The smallest absolute Gasteiger partial charge is 0.267 e. The van der Waals surface area contributed by atoms with Crippen molar-refractivity contribution >= 4 is 51.7 Å². The summed E-state index contributed by atoms with van der Waals surface area (Å²) in [6.45, 7) is 2.76. The highest BCUT2D eigenvalue weighted by atomic mass is 32.2. The molecule has 9 heteroatoms. The number of benzene rings is 1. The third-order valence-electron chi connectivity index (χ3n) is 5.30. The predicted octanol–water partition coefficient (Wildman–Crippen LogP) is 3.84. The number of aliphatic hydroxyl groups excluding tert-OH is 1. The van der Waals surface area contributed by atoms with Crippen molar-refractivity contribution in [2.45, 2.75) is 25.9 Å². The highest BCUT2D eigenvalue weighted by Crippen LogP contribution is 2.33. The van der Waals surface area contributed by atoms with Gasteiger partial charge in [0.15, 0.2) is 0 Å². The van der Waals surface area contributed by atoms with Crippen molar-refractivity contribution in [3.8, 4) is 0 Å². The maximum absolute atomic E-state index is 13.3. The fourth-order valence-electron chi connectivity index (χ4n) is 3.49. The van der Waals surface area contributed by atoms with Gasteiger partial charge in [0.2, 0.25) is 0 Å². The lowest BCUT2D eigenvalue weighted by Crippen LogP contribution is -2.29. The van der Waals surface area contributed by atoms with E-state index in [2.05, 4.69) is 17.2 Å². The number of amides is 1. The first-order valence-electron chi connectivity index (χ1n) is 10.7. The first-order chi connectivity index (χ1) is 16.0. The summed E-state index contributed by atoms with van der Waals surface area (Å²) in [6.07, 6.45) is 4.20. The molecule has 33 heavy (non-hydrogen) atoms. The van der Waals surface area contributed by atoms with Gasteiger partial charge in [0, 0.05) is 19.3 Å². The van der Waals surface area contributed by atoms with Gasteiger partial charge in [-0.05, 0) is 30.2 Å². The summed E-state index contributed by atoms with van der Waals surface area (Å²) in [4.78, 5) is 32.8. The summed E-state index contributed by atoms with van der Waals surface area (Å²) < 4.78 is 1.92. The summed E-state index contributed by atoms with van der Waals surface area (Å²) in [5.74, 6) is 0.103. The van der Waals surface area contributed by atoms with Gasteiger partial charge in [-0.1, -0.05) is 73.7 Å². The lowest BCUT2D eigenvalue weighted by Gasteiger charge is -2.15. The summed E-state index contributed by atoms with van der Waals surface area (Å²) in [6, 6.07) is 14.5. The maximum atomic E-state index is 13.3. The molecular weight excluding hydrogens is 456 g/mol. The normalized spacial score (nSPS) is 16.1. The van der Waals surface area contributed by atoms with Crippen LogP contribution in [0.2, 0.25) is 0 Å². The number of nitrogens with one attached hydrogen (secondary N) is 1. The van der Waals surface area contributed by atoms with Gasteiger partial charge in [0.25, 0.3) is 11.5 Å². The number of carbonyl (C=O) groups excluding carboxylic acids is 1. The molecule has 3 aromatic rings. The number of aliphatic hydroxyl groups is 1. The highest BCUT2D eigenvalue weighted by Gasteiger charge is 2.32. The molecule has 1 amide bonds. The number of carbonyl (C=O) groups is 1. The zero-order chi connectivity index (χ0) is 23.4. The van der Waals surface area contributed by atoms with E-state index < -0.39 is 6.10 Å². The van der Waals surface area contributed by atoms with Gasteiger partial charge in [-0.3, -0.25) is 18.9 Å². The largest absolute Gasteiger partial charge is 0.387 e. The van der Waals surface area contributed by atoms with Crippen LogP contribution in [-0.4, -0.2) is 42.7 Å². The molecule has 0 bridgehead atoms. The first kappa shape index (κ1) is 23.2. The van der Waals surface area contributed by atoms with Crippen LogP contribution in [0.1, 0.15) is 37.0 Å². The standard InChI is InChI=1S/C24H24N4O3S2/c1-2-3-12-28-23(31)19(33-24(28)32)14-17-21(25-15-18(29)16-9-5-4-6-10-16)26-20-11-7-8-13-27(20)22(17)30/h4-11,13-14,18,25,29H,2-3,12,15H2,1H3. The van der Waals surface area contributed by atoms with E-state index in [1.807, 2.05) is 30.3 Å². The molecular formula is C24H24N4O3S2. The topological polar surface area (TPSA) is 86.9 Å². The third-order valence-corrected chi connectivity index (χ3v) is 6.68. The van der Waals surface area contributed by atoms with E-state index >= 15 is 0 Å². The number of rotatable bonds is 8. The second kappa shape index (κ2) is 10.3. The lowest BCUT2D eigenvalue weighted by molar-refractivity contribution is -0.122. The van der Waals surface area contributed by atoms with Gasteiger partial charge >= 0.3 is 0 Å². The number of hydrogen-bond donors (Lipinski definition) is 2. The number of thiocarbonyl (C=S) groups is 1. The van der Waals surface area contributed by atoms with Crippen LogP contribution in [0.4, 0.5) is 5.82 Å². The molecule has 4 rings (SSSR count). The van der Waals surface area contributed by atoms with Gasteiger partial charge in [0.1, 0.15) is 15.8 Å². The van der Waals surface area contributed by atoms with Gasteiger partial charge < -0.3 is 10.4 Å². The lowest BCUT2D eigenvalue weighted by atomic mass is 10.1. The van der Waals surface area contributed by atoms with Gasteiger partial charge in [0.05, 0.1) is 16.6 Å². The maximum Gasteiger partial charge on any atom is 0.267 e. The molecule has 1 aromatic carbocycles. The predicted molar refractivity (Wildman–Crippen MR) is 136 cm³/mol. The van der Waals surface area contributed by atoms with Crippen LogP contribution in [0, 0.1) is 0 Å². The van der Waals surface area contributed by atoms with Crippen LogP contribution < -0.4 is 10.9 Å². The fourth-order valence-corrected chi connectivity index (χ4v) is 4.78. The van der Waals surface area contributed by atoms with Crippen molar-refractivity contribution < 1.29 is 9.90 Å². The molecule has 0 spiro atoms. The Balaban J connectivity index is 1.70. The number of hydrogen-bond acceptors (Lipinski definition) is 7. The van der Waals surface area contributed by atoms with Crippen molar-refractivity contribution in [2.24, 2.45) is 0 Å². The number of aromatic nitrogens is 2. The third kappa shape index (κ3) is 5.00. The molecule has 2 N–H and O–H groups in total. The van der Waals surface area contributed by atoms with Crippen molar-refractivity contribution in [3.05, 3.63) is 81.1 Å². The number of unbranched alkanes of at least 4 members (excludes halogenated alkanes) is 1. The number of anilines is 1. The van der Waals surface area contributed by atoms with Gasteiger partial charge in [-0.25, -0.2) is 4.98 Å². The molecule has 3 heterocycles. The van der Waals surface area contributed by atoms with E-state index in [1.165, 1.54) is 16.2 Å². The minimum absolute atomic E-state index is 0.151. The summed E-state index contributed by atoms with van der Waals surface area (Å²) in [5, 5.41) is 13.7. The minimum Gasteiger partial charge on any atom is -0.387 e. The Kier molecular flexibility index (Phi) is 7.22. The first-order valence-corrected chi connectivity index (χ1v) is 12.0. The molecule has 1 fully saturated rings. The Bertz CT molecular complexity index is 1270. The molecule has 1 aliphatic heterocycles. The molecule has 0 aliphatic carbocycles. The quantitative estimate of drug-likeness (QED) is 0.374. The van der Waals surface area contributed by atoms with Crippen LogP contribution in [0.25, 0.3) is 11.7 Å². The monoisotopic (exact) mass is 480 g/mol. The number of pyridine rings is 1. The van der Waals surface area contributed by atoms with E-state index in [1.54, 1.807) is 35.4 Å². The highest BCUT2D eigenvalue weighted by molar-refractivity contribution is 8.26. The van der Waals surface area contributed by atoms with Crippen LogP contribution >= 0.6 is 24.0 Å². The Hall–Kier alpha value is -3.01. The Morgan fingerprint density at radius 3 is 2.70 bits per heavy atom. The molecule has 1 unspecified atom stereocenters. The Morgan fingerprint density at radius 1 is 1.18 bits per heavy atom. The molecule has 7 nitrogen and oxygen atoms in total. The van der Waals surface area contributed by atoms with Crippen molar-refractivity contribution in [2.75, 3.05) is 18.4 Å². The molecule has 0 saturated carbocycles. The average Bonchev–Trinajstić information content (AvgIpc) is 3.10. The second-order valence-electron chi connectivity index (χ2n) is 7.60. The fraction of sp³-hybridized carbons (Fsp3) is 0.250. The number of fused-ring (bicyclic) bond motifs is 1. The molecule has 0 radical (unpaired) electrons. The van der Waals surface area contributed by atoms with Crippen LogP contribution in [0.3, 0.4) is 0 Å². The van der Waals surface area contributed by atoms with E-state index in [4.69, 9.17) is 12.2 Å². The number of thioether (sulfide) groups is 1. The molecule has 1 atom stereocenters. The summed E-state index contributed by atoms with van der Waals surface area (Å²) in [5.41, 5.74) is 1.15. The molecule has 1 aliphatic rings. The molecule has 2 aromatic heterocycles. The van der Waals surface area contributed by atoms with Crippen molar-refractivity contribution in [1.29, 1.82) is 0 Å². The minimum atomic E-state index is -0.790. The zero-order valence-corrected chi connectivity index (χ0v) is 19.7. The van der Waals surface area contributed by atoms with E-state index in [-0.39, 0.29) is 23.6 Å². The van der Waals surface area contributed by atoms with Crippen LogP contribution in [-0.2, 0) is 4.79 Å². The zero-order valence-electron chi connectivity index (χ0n) is 18.1. The van der Waals surface area contributed by atoms with E-state index in [0.717, 1.165) is 18.4 Å². The van der Waals surface area contributed by atoms with Crippen LogP contribution in [0.15, 0.2) is 64.4 Å². The molecule has 1 saturated heterocycles. The van der Waals surface area contributed by atoms with E-state index in [0.29, 0.717) is 27.2 Å². The van der Waals surface area contributed by atoms with Crippen molar-refractivity contribution in [1.82, 2.24) is 14.3 Å². The Morgan fingerprint density at radius 2 is 1.94 bits per heavy atom. The SMILES string of the molecule is CCCCN1C(=O)C(=Cc2c(NCC(O)c3ccccc3)nc3ccccn3c2=O)SC1=S. The summed E-state index contributed by atoms with van der Waals surface area (Å²) >= 11 is 6.57. The van der Waals surface area contributed by atoms with E-state index in [9.17, 15) is 14.7 Å². The second-order valence-corrected chi connectivity index (χ2v) is 9.28.